The molecule has 3 rings (SSSR count). The molecule has 2 aromatic carbocycles. The summed E-state index contributed by atoms with van der Waals surface area (Å²) in [6.45, 7) is 3.44. The Balaban J connectivity index is 2.05. The highest BCUT2D eigenvalue weighted by Gasteiger charge is 2.35. The Kier molecular flexibility index (Phi) is 4.23. The minimum Gasteiger partial charge on any atom is -0.367 e. The van der Waals surface area contributed by atoms with Crippen LogP contribution in [0.3, 0.4) is 0 Å². The lowest BCUT2D eigenvalue weighted by atomic mass is 9.90. The van der Waals surface area contributed by atoms with Crippen LogP contribution in [0.15, 0.2) is 60.7 Å². The lowest BCUT2D eigenvalue weighted by molar-refractivity contribution is -0.123. The lowest BCUT2D eigenvalue weighted by Gasteiger charge is -2.28. The number of primary amides is 1. The van der Waals surface area contributed by atoms with Crippen molar-refractivity contribution in [2.75, 3.05) is 0 Å². The van der Waals surface area contributed by atoms with E-state index in [1.165, 1.54) is 0 Å². The number of nitrogens with two attached hydrogens (primary N) is 1. The lowest BCUT2D eigenvalue weighted by Crippen LogP contribution is -2.52. The first kappa shape index (κ1) is 16.6. The van der Waals surface area contributed by atoms with Crippen molar-refractivity contribution in [1.82, 2.24) is 10.3 Å². The molecule has 126 valence electrons. The number of benzene rings is 2. The molecule has 1 aromatic heterocycles. The van der Waals surface area contributed by atoms with Crippen molar-refractivity contribution < 1.29 is 9.59 Å². The first-order chi connectivity index (χ1) is 11.9. The van der Waals surface area contributed by atoms with Crippen LogP contribution in [0.5, 0.6) is 0 Å². The molecule has 0 saturated heterocycles. The Morgan fingerprint density at radius 1 is 1.04 bits per heavy atom. The number of rotatable bonds is 4. The van der Waals surface area contributed by atoms with E-state index < -0.39 is 11.4 Å². The number of pyridine rings is 1. The predicted molar refractivity (Wildman–Crippen MR) is 96.9 cm³/mol. The summed E-state index contributed by atoms with van der Waals surface area (Å²) in [6.07, 6.45) is 0. The second-order valence-corrected chi connectivity index (χ2v) is 6.14. The number of fused-ring (bicyclic) bond motifs is 1. The molecular weight excluding hydrogens is 314 g/mol. The van der Waals surface area contributed by atoms with E-state index in [-0.39, 0.29) is 5.91 Å². The monoisotopic (exact) mass is 333 g/mol. The van der Waals surface area contributed by atoms with Gasteiger partial charge in [-0.1, -0.05) is 48.5 Å². The van der Waals surface area contributed by atoms with Crippen LogP contribution in [0.2, 0.25) is 0 Å². The summed E-state index contributed by atoms with van der Waals surface area (Å²) in [5, 5.41) is 3.53. The first-order valence-electron chi connectivity index (χ1n) is 7.96. The number of hydrogen-bond donors (Lipinski definition) is 2. The molecule has 3 N–H and O–H groups in total. The SMILES string of the molecule is Cc1cc(C(=O)NC(C)(C(N)=O)c2ccccc2)c2ccccc2n1. The molecule has 0 fully saturated rings. The standard InChI is InChI=1S/C20H19N3O2/c1-13-12-16(15-10-6-7-11-17(15)22-13)18(24)23-20(2,19(21)25)14-8-4-3-5-9-14/h3-12H,1-2H3,(H2,21,25)(H,23,24). The third-order valence-electron chi connectivity index (χ3n) is 4.30. The minimum absolute atomic E-state index is 0.369. The Hall–Kier alpha value is -3.21. The van der Waals surface area contributed by atoms with Crippen LogP contribution < -0.4 is 11.1 Å². The van der Waals surface area contributed by atoms with Gasteiger partial charge < -0.3 is 11.1 Å². The highest BCUT2D eigenvalue weighted by molar-refractivity contribution is 6.08. The fourth-order valence-corrected chi connectivity index (χ4v) is 2.84. The molecule has 0 spiro atoms. The topological polar surface area (TPSA) is 85.1 Å². The van der Waals surface area contributed by atoms with Gasteiger partial charge in [0, 0.05) is 11.1 Å². The van der Waals surface area contributed by atoms with Gasteiger partial charge in [-0.25, -0.2) is 0 Å². The number of carbonyl (C=O) groups is 2. The maximum atomic E-state index is 13.0. The van der Waals surface area contributed by atoms with Crippen molar-refractivity contribution in [3.05, 3.63) is 77.5 Å². The van der Waals surface area contributed by atoms with E-state index in [0.29, 0.717) is 11.1 Å². The summed E-state index contributed by atoms with van der Waals surface area (Å²) in [7, 11) is 0. The number of para-hydroxylation sites is 1. The summed E-state index contributed by atoms with van der Waals surface area (Å²) in [4.78, 5) is 29.5. The molecule has 1 heterocycles. The van der Waals surface area contributed by atoms with Gasteiger partial charge in [0.15, 0.2) is 0 Å². The Morgan fingerprint density at radius 3 is 2.36 bits per heavy atom. The van der Waals surface area contributed by atoms with E-state index in [4.69, 9.17) is 5.73 Å². The quantitative estimate of drug-likeness (QED) is 0.770. The van der Waals surface area contributed by atoms with Gasteiger partial charge in [-0.2, -0.15) is 0 Å². The highest BCUT2D eigenvalue weighted by Crippen LogP contribution is 2.23. The molecule has 0 aliphatic carbocycles. The molecule has 5 nitrogen and oxygen atoms in total. The van der Waals surface area contributed by atoms with Crippen LogP contribution in [-0.4, -0.2) is 16.8 Å². The maximum Gasteiger partial charge on any atom is 0.253 e. The molecule has 25 heavy (non-hydrogen) atoms. The van der Waals surface area contributed by atoms with E-state index in [1.54, 1.807) is 37.3 Å². The van der Waals surface area contributed by atoms with E-state index in [2.05, 4.69) is 10.3 Å². The Morgan fingerprint density at radius 2 is 1.68 bits per heavy atom. The van der Waals surface area contributed by atoms with Gasteiger partial charge in [0.05, 0.1) is 11.1 Å². The van der Waals surface area contributed by atoms with Crippen LogP contribution in [0, 0.1) is 6.92 Å². The smallest absolute Gasteiger partial charge is 0.253 e. The van der Waals surface area contributed by atoms with Gasteiger partial charge >= 0.3 is 0 Å². The summed E-state index contributed by atoms with van der Waals surface area (Å²) in [6, 6.07) is 18.1. The number of nitrogens with one attached hydrogen (secondary N) is 1. The molecule has 2 amide bonds. The van der Waals surface area contributed by atoms with Gasteiger partial charge in [-0.3, -0.25) is 14.6 Å². The van der Waals surface area contributed by atoms with Crippen LogP contribution in [0.1, 0.15) is 28.5 Å². The van der Waals surface area contributed by atoms with E-state index >= 15 is 0 Å². The van der Waals surface area contributed by atoms with Gasteiger partial charge in [0.25, 0.3) is 5.91 Å². The van der Waals surface area contributed by atoms with E-state index in [0.717, 1.165) is 16.6 Å². The molecule has 1 atom stereocenters. The van der Waals surface area contributed by atoms with Crippen molar-refractivity contribution in [2.45, 2.75) is 19.4 Å². The predicted octanol–water partition coefficient (Wildman–Crippen LogP) is 2.67. The average Bonchev–Trinajstić information content (AvgIpc) is 2.61. The van der Waals surface area contributed by atoms with Crippen molar-refractivity contribution in [3.63, 3.8) is 0 Å². The number of nitrogens with zero attached hydrogens (tertiary/aromatic N) is 1. The zero-order chi connectivity index (χ0) is 18.0. The number of aromatic nitrogens is 1. The third-order valence-corrected chi connectivity index (χ3v) is 4.30. The molecule has 0 aliphatic rings. The fraction of sp³-hybridized carbons (Fsp3) is 0.150. The third kappa shape index (κ3) is 3.08. The van der Waals surface area contributed by atoms with Gasteiger partial charge in [0.2, 0.25) is 5.91 Å². The Labute approximate surface area is 145 Å². The minimum atomic E-state index is -1.31. The van der Waals surface area contributed by atoms with E-state index in [1.807, 2.05) is 37.3 Å². The van der Waals surface area contributed by atoms with Crippen molar-refractivity contribution in [1.29, 1.82) is 0 Å². The molecule has 0 bridgehead atoms. The first-order valence-corrected chi connectivity index (χ1v) is 7.96. The molecule has 5 heteroatoms. The van der Waals surface area contributed by atoms with Crippen LogP contribution in [-0.2, 0) is 10.3 Å². The highest BCUT2D eigenvalue weighted by atomic mass is 16.2. The Bertz CT molecular complexity index is 954. The fourth-order valence-electron chi connectivity index (χ4n) is 2.84. The number of amides is 2. The summed E-state index contributed by atoms with van der Waals surface area (Å²) < 4.78 is 0. The van der Waals surface area contributed by atoms with Crippen LogP contribution >= 0.6 is 0 Å². The molecular formula is C20H19N3O2. The van der Waals surface area contributed by atoms with Crippen molar-refractivity contribution >= 4 is 22.7 Å². The number of aryl methyl sites for hydroxylation is 1. The van der Waals surface area contributed by atoms with Gasteiger partial charge in [-0.15, -0.1) is 0 Å². The normalized spacial score (nSPS) is 13.2. The largest absolute Gasteiger partial charge is 0.367 e. The maximum absolute atomic E-state index is 13.0. The number of carbonyl (C=O) groups excluding carboxylic acids is 2. The zero-order valence-corrected chi connectivity index (χ0v) is 14.1. The molecule has 1 unspecified atom stereocenters. The van der Waals surface area contributed by atoms with Gasteiger partial charge in [-0.05, 0) is 31.5 Å². The van der Waals surface area contributed by atoms with Crippen molar-refractivity contribution in [3.8, 4) is 0 Å². The number of hydrogen-bond acceptors (Lipinski definition) is 3. The molecule has 0 aliphatic heterocycles. The molecule has 3 aromatic rings. The van der Waals surface area contributed by atoms with Crippen molar-refractivity contribution in [2.24, 2.45) is 5.73 Å². The molecule has 0 radical (unpaired) electrons. The molecule has 0 saturated carbocycles. The van der Waals surface area contributed by atoms with E-state index in [9.17, 15) is 9.59 Å². The zero-order valence-electron chi connectivity index (χ0n) is 14.1. The van der Waals surface area contributed by atoms with Gasteiger partial charge in [0.1, 0.15) is 5.54 Å². The summed E-state index contributed by atoms with van der Waals surface area (Å²) in [5.41, 5.74) is 6.85. The average molecular weight is 333 g/mol. The van der Waals surface area contributed by atoms with Crippen LogP contribution in [0.25, 0.3) is 10.9 Å². The summed E-state index contributed by atoms with van der Waals surface area (Å²) in [5.74, 6) is -0.992. The second kappa shape index (κ2) is 6.36. The van der Waals surface area contributed by atoms with Crippen LogP contribution in [0.4, 0.5) is 0 Å². The second-order valence-electron chi connectivity index (χ2n) is 6.14. The summed E-state index contributed by atoms with van der Waals surface area (Å²) >= 11 is 0.